The molecule has 4 heteroatoms. The van der Waals surface area contributed by atoms with E-state index in [4.69, 9.17) is 17.3 Å². The molecule has 0 aromatic heterocycles. The summed E-state index contributed by atoms with van der Waals surface area (Å²) in [6, 6.07) is 0. The second-order valence-electron chi connectivity index (χ2n) is 0.744. The SMILES string of the molecule is [NH]CC(Cl)N=O. The van der Waals surface area contributed by atoms with Crippen molar-refractivity contribution in [3.63, 3.8) is 0 Å². The average Bonchev–Trinajstić information content (AvgIpc) is 1.65. The van der Waals surface area contributed by atoms with E-state index in [0.717, 1.165) is 0 Å². The molecular formula is C2H4ClN2O. The maximum absolute atomic E-state index is 9.23. The largest absolute Gasteiger partial charge is 0.254 e. The number of rotatable bonds is 2. The first-order valence-electron chi connectivity index (χ1n) is 1.42. The molecular weight excluding hydrogens is 103 g/mol. The van der Waals surface area contributed by atoms with E-state index in [1.165, 1.54) is 0 Å². The van der Waals surface area contributed by atoms with Gasteiger partial charge in [0.15, 0.2) is 5.50 Å². The van der Waals surface area contributed by atoms with Gasteiger partial charge < -0.3 is 0 Å². The zero-order valence-corrected chi connectivity index (χ0v) is 3.77. The maximum Gasteiger partial charge on any atom is 0.179 e. The van der Waals surface area contributed by atoms with Gasteiger partial charge in [0.2, 0.25) is 0 Å². The van der Waals surface area contributed by atoms with E-state index in [1.807, 2.05) is 0 Å². The van der Waals surface area contributed by atoms with Gasteiger partial charge in [0.1, 0.15) is 0 Å². The molecule has 0 saturated heterocycles. The zero-order chi connectivity index (χ0) is 4.99. The van der Waals surface area contributed by atoms with Crippen molar-refractivity contribution in [3.8, 4) is 0 Å². The van der Waals surface area contributed by atoms with E-state index in [9.17, 15) is 4.91 Å². The Balaban J connectivity index is 2.96. The summed E-state index contributed by atoms with van der Waals surface area (Å²) >= 11 is 4.98. The Morgan fingerprint density at radius 2 is 2.50 bits per heavy atom. The molecule has 0 aromatic rings. The van der Waals surface area contributed by atoms with Crippen LogP contribution in [-0.2, 0) is 0 Å². The van der Waals surface area contributed by atoms with Crippen molar-refractivity contribution in [2.45, 2.75) is 5.50 Å². The highest BCUT2D eigenvalue weighted by Crippen LogP contribution is 1.90. The van der Waals surface area contributed by atoms with Crippen molar-refractivity contribution in [1.29, 1.82) is 0 Å². The lowest BCUT2D eigenvalue weighted by molar-refractivity contribution is 0.873. The van der Waals surface area contributed by atoms with E-state index < -0.39 is 5.50 Å². The van der Waals surface area contributed by atoms with Crippen molar-refractivity contribution in [2.24, 2.45) is 5.18 Å². The molecule has 1 N–H and O–H groups in total. The Morgan fingerprint density at radius 3 is 2.50 bits per heavy atom. The van der Waals surface area contributed by atoms with Gasteiger partial charge in [-0.3, -0.25) is 5.73 Å². The van der Waals surface area contributed by atoms with E-state index in [1.54, 1.807) is 0 Å². The molecule has 0 aliphatic heterocycles. The molecule has 3 nitrogen and oxygen atoms in total. The first kappa shape index (κ1) is 5.85. The summed E-state index contributed by atoms with van der Waals surface area (Å²) in [6.45, 7) is -0.134. The Labute approximate surface area is 40.4 Å². The predicted molar refractivity (Wildman–Crippen MR) is 23.4 cm³/mol. The van der Waals surface area contributed by atoms with Crippen LogP contribution < -0.4 is 5.73 Å². The highest BCUT2D eigenvalue weighted by molar-refractivity contribution is 6.20. The number of nitrogens with one attached hydrogen (secondary N) is 1. The van der Waals surface area contributed by atoms with Crippen LogP contribution >= 0.6 is 11.6 Å². The second kappa shape index (κ2) is 3.06. The third-order valence-electron chi connectivity index (χ3n) is 0.283. The Hall–Kier alpha value is -0.150. The normalized spacial score (nSPS) is 13.7. The number of hydrogen-bond acceptors (Lipinski definition) is 2. The molecule has 0 bridgehead atoms. The smallest absolute Gasteiger partial charge is 0.179 e. The molecule has 0 saturated carbocycles. The van der Waals surface area contributed by atoms with Crippen LogP contribution in [0.2, 0.25) is 0 Å². The Morgan fingerprint density at radius 1 is 2.00 bits per heavy atom. The molecule has 1 unspecified atom stereocenters. The van der Waals surface area contributed by atoms with E-state index >= 15 is 0 Å². The van der Waals surface area contributed by atoms with E-state index in [2.05, 4.69) is 5.18 Å². The zero-order valence-electron chi connectivity index (χ0n) is 3.02. The van der Waals surface area contributed by atoms with Gasteiger partial charge in [-0.1, -0.05) is 11.6 Å². The number of nitroso groups, excluding NO2 is 1. The van der Waals surface area contributed by atoms with Gasteiger partial charge in [-0.05, 0) is 5.18 Å². The van der Waals surface area contributed by atoms with Crippen LogP contribution in [0.4, 0.5) is 0 Å². The van der Waals surface area contributed by atoms with Crippen molar-refractivity contribution >= 4 is 11.6 Å². The number of hydrogen-bond donors (Lipinski definition) is 0. The summed E-state index contributed by atoms with van der Waals surface area (Å²) in [5, 5.41) is 2.33. The third kappa shape index (κ3) is 2.11. The Bertz CT molecular complexity index is 48.8. The third-order valence-corrected chi connectivity index (χ3v) is 0.517. The summed E-state index contributed by atoms with van der Waals surface area (Å²) in [7, 11) is 0. The van der Waals surface area contributed by atoms with Gasteiger partial charge in [-0.2, -0.15) is 0 Å². The maximum atomic E-state index is 9.23. The summed E-state index contributed by atoms with van der Waals surface area (Å²) in [5.41, 5.74) is 5.53. The van der Waals surface area contributed by atoms with Crippen molar-refractivity contribution < 1.29 is 0 Å². The van der Waals surface area contributed by atoms with Gasteiger partial charge in [-0.25, -0.2) is 0 Å². The molecule has 35 valence electrons. The van der Waals surface area contributed by atoms with Crippen molar-refractivity contribution in [2.75, 3.05) is 6.54 Å². The first-order chi connectivity index (χ1) is 2.81. The Kier molecular flexibility index (Phi) is 2.98. The van der Waals surface area contributed by atoms with Gasteiger partial charge in [0.25, 0.3) is 0 Å². The monoisotopic (exact) mass is 107 g/mol. The van der Waals surface area contributed by atoms with Crippen LogP contribution in [0.5, 0.6) is 0 Å². The minimum atomic E-state index is -0.856. The second-order valence-corrected chi connectivity index (χ2v) is 1.25. The van der Waals surface area contributed by atoms with Crippen LogP contribution in [0.1, 0.15) is 0 Å². The lowest BCUT2D eigenvalue weighted by Gasteiger charge is -1.84. The predicted octanol–water partition coefficient (Wildman–Crippen LogP) is 0.601. The highest BCUT2D eigenvalue weighted by atomic mass is 35.5. The number of halogens is 1. The minimum Gasteiger partial charge on any atom is -0.254 e. The lowest BCUT2D eigenvalue weighted by Crippen LogP contribution is -1.99. The molecule has 0 fully saturated rings. The van der Waals surface area contributed by atoms with E-state index in [0.29, 0.717) is 0 Å². The van der Waals surface area contributed by atoms with Gasteiger partial charge >= 0.3 is 0 Å². The van der Waals surface area contributed by atoms with Gasteiger partial charge in [0, 0.05) is 0 Å². The van der Waals surface area contributed by atoms with Crippen LogP contribution in [0.25, 0.3) is 0 Å². The standard InChI is InChI=1S/C2H4ClN2O/c3-2(1-4)5-6/h2,4H,1H2. The molecule has 0 heterocycles. The van der Waals surface area contributed by atoms with E-state index in [-0.39, 0.29) is 6.54 Å². The molecule has 6 heavy (non-hydrogen) atoms. The fourth-order valence-electron chi connectivity index (χ4n) is 0.0373. The summed E-state index contributed by atoms with van der Waals surface area (Å²) in [6.07, 6.45) is 0. The fraction of sp³-hybridized carbons (Fsp3) is 1.00. The van der Waals surface area contributed by atoms with Crippen molar-refractivity contribution in [1.82, 2.24) is 5.73 Å². The molecule has 0 aromatic carbocycles. The van der Waals surface area contributed by atoms with Gasteiger partial charge in [0.05, 0.1) is 6.54 Å². The topological polar surface area (TPSA) is 53.2 Å². The molecule has 0 aliphatic carbocycles. The molecule has 0 spiro atoms. The molecule has 0 aliphatic rings. The van der Waals surface area contributed by atoms with Crippen LogP contribution in [0.15, 0.2) is 5.18 Å². The van der Waals surface area contributed by atoms with Crippen LogP contribution in [0, 0.1) is 4.91 Å². The van der Waals surface area contributed by atoms with Crippen LogP contribution in [-0.4, -0.2) is 12.0 Å². The summed E-state index contributed by atoms with van der Waals surface area (Å²) < 4.78 is 0. The van der Waals surface area contributed by atoms with Crippen molar-refractivity contribution in [3.05, 3.63) is 4.91 Å². The quantitative estimate of drug-likeness (QED) is 0.290. The first-order valence-corrected chi connectivity index (χ1v) is 1.86. The molecule has 0 amide bonds. The van der Waals surface area contributed by atoms with Gasteiger partial charge in [-0.15, -0.1) is 4.91 Å². The molecule has 1 atom stereocenters. The summed E-state index contributed by atoms with van der Waals surface area (Å²) in [4.78, 5) is 9.23. The fourth-order valence-corrected chi connectivity index (χ4v) is 0.0373. The highest BCUT2D eigenvalue weighted by Gasteiger charge is 1.94. The minimum absolute atomic E-state index is 0.134. The van der Waals surface area contributed by atoms with Crippen LogP contribution in [0.3, 0.4) is 0 Å². The summed E-state index contributed by atoms with van der Waals surface area (Å²) in [5.74, 6) is 0. The molecule has 1 radical (unpaired) electrons. The molecule has 0 rings (SSSR count). The number of alkyl halides is 1. The lowest BCUT2D eigenvalue weighted by atomic mass is 10.7. The number of nitrogens with zero attached hydrogens (tertiary/aromatic N) is 1. The average molecular weight is 108 g/mol.